The normalized spacial score (nSPS) is 12.0. The second kappa shape index (κ2) is 5.15. The van der Waals surface area contributed by atoms with E-state index in [1.807, 2.05) is 0 Å². The third kappa shape index (κ3) is 3.63. The van der Waals surface area contributed by atoms with Gasteiger partial charge < -0.3 is 19.7 Å². The molecule has 0 amide bonds. The smallest absolute Gasteiger partial charge is 0.371 e. The summed E-state index contributed by atoms with van der Waals surface area (Å²) in [4.78, 5) is 31.7. The molecule has 0 aliphatic rings. The quantitative estimate of drug-likeness (QED) is 0.670. The predicted octanol–water partition coefficient (Wildman–Crippen LogP) is 0.696. The molecular formula is C10H10O7. The maximum atomic E-state index is 10.8. The molecule has 7 heteroatoms. The molecule has 0 aliphatic carbocycles. The summed E-state index contributed by atoms with van der Waals surface area (Å²) in [6.45, 7) is 0. The van der Waals surface area contributed by atoms with Crippen LogP contribution in [0.15, 0.2) is 16.5 Å². The van der Waals surface area contributed by atoms with Gasteiger partial charge in [0.25, 0.3) is 0 Å². The van der Waals surface area contributed by atoms with Crippen LogP contribution in [0.4, 0.5) is 0 Å². The van der Waals surface area contributed by atoms with Crippen LogP contribution < -0.4 is 0 Å². The van der Waals surface area contributed by atoms with E-state index in [2.05, 4.69) is 0 Å². The van der Waals surface area contributed by atoms with Crippen molar-refractivity contribution in [1.82, 2.24) is 0 Å². The topological polar surface area (TPSA) is 125 Å². The van der Waals surface area contributed by atoms with Gasteiger partial charge in [-0.3, -0.25) is 9.59 Å². The summed E-state index contributed by atoms with van der Waals surface area (Å²) in [5.74, 6) is -5.07. The lowest BCUT2D eigenvalue weighted by Gasteiger charge is -2.06. The van der Waals surface area contributed by atoms with Crippen molar-refractivity contribution >= 4 is 17.9 Å². The SMILES string of the molecule is O=C(O)CC(Cc1ccc(C(=O)O)o1)C(=O)O. The van der Waals surface area contributed by atoms with Gasteiger partial charge >= 0.3 is 17.9 Å². The lowest BCUT2D eigenvalue weighted by molar-refractivity contribution is -0.148. The van der Waals surface area contributed by atoms with Crippen LogP contribution in [0.5, 0.6) is 0 Å². The van der Waals surface area contributed by atoms with Crippen molar-refractivity contribution in [3.63, 3.8) is 0 Å². The standard InChI is InChI=1S/C10H10O7/c11-8(12)4-5(9(13)14)3-6-1-2-7(17-6)10(15)16/h1-2,5H,3-4H2,(H,11,12)(H,13,14)(H,15,16). The second-order valence-corrected chi connectivity index (χ2v) is 3.41. The van der Waals surface area contributed by atoms with Crippen LogP contribution in [0.3, 0.4) is 0 Å². The minimum atomic E-state index is -1.26. The Morgan fingerprint density at radius 2 is 1.82 bits per heavy atom. The highest BCUT2D eigenvalue weighted by Gasteiger charge is 2.23. The van der Waals surface area contributed by atoms with Crippen LogP contribution in [-0.2, 0) is 16.0 Å². The maximum Gasteiger partial charge on any atom is 0.371 e. The minimum absolute atomic E-state index is 0.135. The Morgan fingerprint density at radius 1 is 1.18 bits per heavy atom. The molecule has 0 radical (unpaired) electrons. The van der Waals surface area contributed by atoms with Gasteiger partial charge in [0, 0.05) is 6.42 Å². The van der Waals surface area contributed by atoms with Crippen molar-refractivity contribution < 1.29 is 34.1 Å². The average Bonchev–Trinajstić information content (AvgIpc) is 2.64. The van der Waals surface area contributed by atoms with Crippen molar-refractivity contribution in [2.75, 3.05) is 0 Å². The first kappa shape index (κ1) is 12.8. The van der Waals surface area contributed by atoms with E-state index in [0.717, 1.165) is 0 Å². The summed E-state index contributed by atoms with van der Waals surface area (Å²) in [5.41, 5.74) is 0. The molecule has 92 valence electrons. The van der Waals surface area contributed by atoms with E-state index < -0.39 is 30.2 Å². The molecule has 1 atom stereocenters. The zero-order valence-electron chi connectivity index (χ0n) is 8.62. The molecule has 1 rings (SSSR count). The van der Waals surface area contributed by atoms with E-state index >= 15 is 0 Å². The molecule has 1 aromatic rings. The van der Waals surface area contributed by atoms with Crippen molar-refractivity contribution in [3.05, 3.63) is 23.7 Å². The Bertz CT molecular complexity index is 445. The Labute approximate surface area is 95.3 Å². The summed E-state index contributed by atoms with van der Waals surface area (Å²) < 4.78 is 4.85. The number of aliphatic carboxylic acids is 2. The van der Waals surface area contributed by atoms with Crippen LogP contribution >= 0.6 is 0 Å². The number of hydrogen-bond acceptors (Lipinski definition) is 4. The Balaban J connectivity index is 2.75. The fourth-order valence-corrected chi connectivity index (χ4v) is 1.30. The molecule has 7 nitrogen and oxygen atoms in total. The van der Waals surface area contributed by atoms with Gasteiger partial charge in [-0.25, -0.2) is 4.79 Å². The fourth-order valence-electron chi connectivity index (χ4n) is 1.30. The van der Waals surface area contributed by atoms with Crippen LogP contribution in [0, 0.1) is 5.92 Å². The van der Waals surface area contributed by atoms with Crippen LogP contribution in [0.1, 0.15) is 22.7 Å². The zero-order valence-corrected chi connectivity index (χ0v) is 8.62. The molecule has 0 aromatic carbocycles. The number of hydrogen-bond donors (Lipinski definition) is 3. The summed E-state index contributed by atoms with van der Waals surface area (Å²) in [6.07, 6.45) is -0.701. The molecule has 1 unspecified atom stereocenters. The van der Waals surface area contributed by atoms with Gasteiger partial charge in [-0.1, -0.05) is 0 Å². The zero-order chi connectivity index (χ0) is 13.0. The van der Waals surface area contributed by atoms with Crippen molar-refractivity contribution in [1.29, 1.82) is 0 Å². The van der Waals surface area contributed by atoms with Crippen molar-refractivity contribution in [3.8, 4) is 0 Å². The molecule has 3 N–H and O–H groups in total. The first-order chi connectivity index (χ1) is 7.90. The molecule has 1 heterocycles. The van der Waals surface area contributed by atoms with E-state index in [0.29, 0.717) is 0 Å². The average molecular weight is 242 g/mol. The number of aromatic carboxylic acids is 1. The molecule has 0 saturated heterocycles. The highest BCUT2D eigenvalue weighted by molar-refractivity contribution is 5.84. The van der Waals surface area contributed by atoms with Gasteiger partial charge in [-0.15, -0.1) is 0 Å². The van der Waals surface area contributed by atoms with E-state index in [-0.39, 0.29) is 17.9 Å². The predicted molar refractivity (Wildman–Crippen MR) is 52.7 cm³/mol. The van der Waals surface area contributed by atoms with Gasteiger partial charge in [-0.2, -0.15) is 0 Å². The monoisotopic (exact) mass is 242 g/mol. The van der Waals surface area contributed by atoms with Gasteiger partial charge in [0.15, 0.2) is 0 Å². The van der Waals surface area contributed by atoms with E-state index in [1.54, 1.807) is 0 Å². The summed E-state index contributed by atoms with van der Waals surface area (Å²) >= 11 is 0. The number of furan rings is 1. The third-order valence-electron chi connectivity index (χ3n) is 2.09. The molecular weight excluding hydrogens is 232 g/mol. The number of carboxylic acids is 3. The maximum absolute atomic E-state index is 10.8. The molecule has 0 aliphatic heterocycles. The van der Waals surface area contributed by atoms with Crippen LogP contribution in [0.2, 0.25) is 0 Å². The molecule has 17 heavy (non-hydrogen) atoms. The number of carbonyl (C=O) groups is 3. The van der Waals surface area contributed by atoms with Gasteiger partial charge in [0.2, 0.25) is 5.76 Å². The lowest BCUT2D eigenvalue weighted by Crippen LogP contribution is -2.19. The number of rotatable bonds is 6. The summed E-state index contributed by atoms with van der Waals surface area (Å²) in [7, 11) is 0. The first-order valence-electron chi connectivity index (χ1n) is 4.66. The summed E-state index contributed by atoms with van der Waals surface area (Å²) in [5, 5.41) is 25.9. The number of carboxylic acid groups (broad SMARTS) is 3. The largest absolute Gasteiger partial charge is 0.481 e. The van der Waals surface area contributed by atoms with Crippen LogP contribution in [-0.4, -0.2) is 33.2 Å². The van der Waals surface area contributed by atoms with E-state index in [9.17, 15) is 14.4 Å². The van der Waals surface area contributed by atoms with E-state index in [4.69, 9.17) is 19.7 Å². The van der Waals surface area contributed by atoms with Gasteiger partial charge in [0.1, 0.15) is 5.76 Å². The van der Waals surface area contributed by atoms with Gasteiger partial charge in [-0.05, 0) is 12.1 Å². The molecule has 0 bridgehead atoms. The molecule has 1 aromatic heterocycles. The summed E-state index contributed by atoms with van der Waals surface area (Å²) in [6, 6.07) is 2.51. The Morgan fingerprint density at radius 3 is 2.24 bits per heavy atom. The fraction of sp³-hybridized carbons (Fsp3) is 0.300. The van der Waals surface area contributed by atoms with Crippen molar-refractivity contribution in [2.45, 2.75) is 12.8 Å². The van der Waals surface area contributed by atoms with Gasteiger partial charge in [0.05, 0.1) is 12.3 Å². The molecule has 0 spiro atoms. The van der Waals surface area contributed by atoms with Crippen LogP contribution in [0.25, 0.3) is 0 Å². The first-order valence-corrected chi connectivity index (χ1v) is 4.66. The second-order valence-electron chi connectivity index (χ2n) is 3.41. The molecule has 0 fully saturated rings. The highest BCUT2D eigenvalue weighted by atomic mass is 16.4. The Kier molecular flexibility index (Phi) is 3.86. The third-order valence-corrected chi connectivity index (χ3v) is 2.09. The Hall–Kier alpha value is -2.31. The highest BCUT2D eigenvalue weighted by Crippen LogP contribution is 2.16. The van der Waals surface area contributed by atoms with Crippen molar-refractivity contribution in [2.24, 2.45) is 5.92 Å². The minimum Gasteiger partial charge on any atom is -0.481 e. The lowest BCUT2D eigenvalue weighted by atomic mass is 10.0. The molecule has 0 saturated carbocycles. The van der Waals surface area contributed by atoms with E-state index in [1.165, 1.54) is 12.1 Å².